The van der Waals surface area contributed by atoms with Crippen molar-refractivity contribution in [2.24, 2.45) is 0 Å². The number of ether oxygens (including phenoxy) is 2. The Bertz CT molecular complexity index is 1070. The van der Waals surface area contributed by atoms with Gasteiger partial charge in [-0.1, -0.05) is 18.2 Å². The van der Waals surface area contributed by atoms with Crippen LogP contribution in [0.15, 0.2) is 77.7 Å². The Morgan fingerprint density at radius 2 is 2.04 bits per heavy atom. The molecule has 28 heavy (non-hydrogen) atoms. The highest BCUT2D eigenvalue weighted by Crippen LogP contribution is 2.35. The molecule has 0 saturated carbocycles. The molecule has 0 fully saturated rings. The number of nitrogens with zero attached hydrogens (tertiary/aromatic N) is 1. The number of furan rings is 1. The smallest absolute Gasteiger partial charge is 0.325 e. The number of hydrogen-bond acceptors (Lipinski definition) is 4. The van der Waals surface area contributed by atoms with E-state index < -0.39 is 0 Å². The van der Waals surface area contributed by atoms with Gasteiger partial charge in [0, 0.05) is 34.4 Å². The Hall–Kier alpha value is -3.38. The van der Waals surface area contributed by atoms with Crippen molar-refractivity contribution in [1.82, 2.24) is 10.2 Å². The van der Waals surface area contributed by atoms with Gasteiger partial charge in [0.2, 0.25) is 0 Å². The van der Waals surface area contributed by atoms with Crippen LogP contribution in [-0.4, -0.2) is 24.1 Å². The average molecular weight is 397 g/mol. The summed E-state index contributed by atoms with van der Waals surface area (Å²) in [4.78, 5) is 13.4. The minimum absolute atomic E-state index is 0.240. The van der Waals surface area contributed by atoms with E-state index in [-0.39, 0.29) is 12.6 Å². The molecule has 4 rings (SSSR count). The van der Waals surface area contributed by atoms with Gasteiger partial charge in [-0.05, 0) is 36.4 Å². The molecular formula is C21H17ClN2O4. The molecule has 1 aliphatic rings. The topological polar surface area (TPSA) is 63.9 Å². The first-order valence-corrected chi connectivity index (χ1v) is 8.98. The standard InChI is InChI=1S/C21H17ClN2O4/c1-14-6-8-24(21(25)23-14)9-11-27-18-5-3-16(22)12-20(18)28-17-4-2-15-7-10-26-19(15)13-17/h2-8,10,12-13H,1,9,11H2,(H,23,25). The molecule has 2 amide bonds. The highest BCUT2D eigenvalue weighted by atomic mass is 35.5. The van der Waals surface area contributed by atoms with Gasteiger partial charge >= 0.3 is 6.03 Å². The predicted molar refractivity (Wildman–Crippen MR) is 107 cm³/mol. The van der Waals surface area contributed by atoms with Crippen LogP contribution in [0, 0.1) is 0 Å². The summed E-state index contributed by atoms with van der Waals surface area (Å²) in [6, 6.07) is 12.3. The molecule has 0 aliphatic carbocycles. The number of allylic oxidation sites excluding steroid dienone is 1. The second-order valence-corrected chi connectivity index (χ2v) is 6.56. The summed E-state index contributed by atoms with van der Waals surface area (Å²) in [6.07, 6.45) is 5.02. The summed E-state index contributed by atoms with van der Waals surface area (Å²) in [5, 5.41) is 4.16. The molecule has 0 radical (unpaired) electrons. The third-order valence-electron chi connectivity index (χ3n) is 4.13. The van der Waals surface area contributed by atoms with Gasteiger partial charge in [-0.3, -0.25) is 4.90 Å². The van der Waals surface area contributed by atoms with Gasteiger partial charge in [0.15, 0.2) is 11.5 Å². The van der Waals surface area contributed by atoms with Crippen molar-refractivity contribution in [3.63, 3.8) is 0 Å². The molecule has 1 aromatic heterocycles. The third kappa shape index (κ3) is 3.97. The van der Waals surface area contributed by atoms with E-state index >= 15 is 0 Å². The van der Waals surface area contributed by atoms with Crippen LogP contribution < -0.4 is 14.8 Å². The normalized spacial score (nSPS) is 13.7. The fourth-order valence-corrected chi connectivity index (χ4v) is 2.90. The van der Waals surface area contributed by atoms with E-state index in [1.54, 1.807) is 42.8 Å². The Morgan fingerprint density at radius 1 is 1.14 bits per heavy atom. The number of urea groups is 1. The highest BCUT2D eigenvalue weighted by molar-refractivity contribution is 6.30. The quantitative estimate of drug-likeness (QED) is 0.613. The summed E-state index contributed by atoms with van der Waals surface area (Å²) in [7, 11) is 0. The average Bonchev–Trinajstić information content (AvgIpc) is 3.13. The van der Waals surface area contributed by atoms with Crippen LogP contribution in [0.4, 0.5) is 4.79 Å². The maximum absolute atomic E-state index is 11.9. The van der Waals surface area contributed by atoms with Crippen LogP contribution in [0.3, 0.4) is 0 Å². The molecule has 0 atom stereocenters. The van der Waals surface area contributed by atoms with E-state index in [0.29, 0.717) is 34.5 Å². The number of hydrogen-bond donors (Lipinski definition) is 1. The molecule has 0 saturated heterocycles. The monoisotopic (exact) mass is 396 g/mol. The molecule has 2 aromatic carbocycles. The van der Waals surface area contributed by atoms with Gasteiger partial charge in [-0.15, -0.1) is 0 Å². The minimum Gasteiger partial charge on any atom is -0.488 e. The molecule has 3 aromatic rings. The fourth-order valence-electron chi connectivity index (χ4n) is 2.73. The first kappa shape index (κ1) is 18.0. The maximum atomic E-state index is 11.9. The molecule has 142 valence electrons. The van der Waals surface area contributed by atoms with Crippen molar-refractivity contribution in [2.45, 2.75) is 0 Å². The lowest BCUT2D eigenvalue weighted by Crippen LogP contribution is -2.40. The van der Waals surface area contributed by atoms with Crippen molar-refractivity contribution >= 4 is 28.6 Å². The molecule has 0 bridgehead atoms. The van der Waals surface area contributed by atoms with Crippen molar-refractivity contribution in [2.75, 3.05) is 13.2 Å². The maximum Gasteiger partial charge on any atom is 0.325 e. The largest absolute Gasteiger partial charge is 0.488 e. The summed E-state index contributed by atoms with van der Waals surface area (Å²) < 4.78 is 17.2. The number of halogens is 1. The van der Waals surface area contributed by atoms with E-state index in [9.17, 15) is 4.79 Å². The number of carbonyl (C=O) groups is 1. The van der Waals surface area contributed by atoms with E-state index in [4.69, 9.17) is 25.5 Å². The molecule has 6 nitrogen and oxygen atoms in total. The SMILES string of the molecule is C=C1C=CN(CCOc2ccc(Cl)cc2Oc2ccc3ccoc3c2)C(=O)N1. The Labute approximate surface area is 166 Å². The Balaban J connectivity index is 1.46. The number of carbonyl (C=O) groups excluding carboxylic acids is 1. The number of fused-ring (bicyclic) bond motifs is 1. The highest BCUT2D eigenvalue weighted by Gasteiger charge is 2.15. The summed E-state index contributed by atoms with van der Waals surface area (Å²) in [5.74, 6) is 1.60. The van der Waals surface area contributed by atoms with E-state index in [0.717, 1.165) is 11.0 Å². The van der Waals surface area contributed by atoms with Gasteiger partial charge in [-0.25, -0.2) is 4.79 Å². The van der Waals surface area contributed by atoms with E-state index in [2.05, 4.69) is 11.9 Å². The van der Waals surface area contributed by atoms with Crippen LogP contribution in [0.25, 0.3) is 11.0 Å². The van der Waals surface area contributed by atoms with E-state index in [1.165, 1.54) is 4.90 Å². The second kappa shape index (κ2) is 7.70. The first-order chi connectivity index (χ1) is 13.6. The van der Waals surface area contributed by atoms with Crippen LogP contribution in [0.5, 0.6) is 17.2 Å². The number of nitrogens with one attached hydrogen (secondary N) is 1. The van der Waals surface area contributed by atoms with Crippen molar-refractivity contribution in [1.29, 1.82) is 0 Å². The van der Waals surface area contributed by atoms with Crippen molar-refractivity contribution in [3.05, 3.63) is 78.3 Å². The molecular weight excluding hydrogens is 380 g/mol. The summed E-state index contributed by atoms with van der Waals surface area (Å²) in [6.45, 7) is 4.34. The van der Waals surface area contributed by atoms with E-state index in [1.807, 2.05) is 18.2 Å². The zero-order chi connectivity index (χ0) is 19.5. The van der Waals surface area contributed by atoms with Gasteiger partial charge in [0.05, 0.1) is 12.8 Å². The number of benzene rings is 2. The minimum atomic E-state index is -0.240. The van der Waals surface area contributed by atoms with Gasteiger partial charge in [0.1, 0.15) is 17.9 Å². The van der Waals surface area contributed by atoms with Gasteiger partial charge in [-0.2, -0.15) is 0 Å². The van der Waals surface area contributed by atoms with Crippen molar-refractivity contribution in [3.8, 4) is 17.2 Å². The first-order valence-electron chi connectivity index (χ1n) is 8.61. The molecule has 2 heterocycles. The van der Waals surface area contributed by atoms with Crippen molar-refractivity contribution < 1.29 is 18.7 Å². The van der Waals surface area contributed by atoms with Gasteiger partial charge < -0.3 is 19.2 Å². The Kier molecular flexibility index (Phi) is 4.95. The van der Waals surface area contributed by atoms with Crippen LogP contribution in [0.1, 0.15) is 0 Å². The van der Waals surface area contributed by atoms with Crippen LogP contribution >= 0.6 is 11.6 Å². The zero-order valence-electron chi connectivity index (χ0n) is 14.9. The summed E-state index contributed by atoms with van der Waals surface area (Å²) in [5.41, 5.74) is 1.29. The van der Waals surface area contributed by atoms with Crippen LogP contribution in [0.2, 0.25) is 5.02 Å². The zero-order valence-corrected chi connectivity index (χ0v) is 15.6. The summed E-state index contributed by atoms with van der Waals surface area (Å²) >= 11 is 6.12. The molecule has 0 spiro atoms. The Morgan fingerprint density at radius 3 is 2.89 bits per heavy atom. The molecule has 0 unspecified atom stereocenters. The number of rotatable bonds is 6. The lowest BCUT2D eigenvalue weighted by Gasteiger charge is -2.23. The lowest BCUT2D eigenvalue weighted by atomic mass is 10.2. The van der Waals surface area contributed by atoms with Gasteiger partial charge in [0.25, 0.3) is 0 Å². The molecule has 1 N–H and O–H groups in total. The second-order valence-electron chi connectivity index (χ2n) is 6.13. The predicted octanol–water partition coefficient (Wildman–Crippen LogP) is 5.31. The van der Waals surface area contributed by atoms with Crippen LogP contribution in [-0.2, 0) is 0 Å². The number of amides is 2. The molecule has 7 heteroatoms. The lowest BCUT2D eigenvalue weighted by molar-refractivity contribution is 0.203. The fraction of sp³-hybridized carbons (Fsp3) is 0.0952. The third-order valence-corrected chi connectivity index (χ3v) is 4.37. The molecule has 1 aliphatic heterocycles.